The van der Waals surface area contributed by atoms with Crippen LogP contribution in [0.4, 0.5) is 0 Å². The zero-order valence-corrected chi connectivity index (χ0v) is 11.6. The largest absolute Gasteiger partial charge is 0.487 e. The van der Waals surface area contributed by atoms with Crippen molar-refractivity contribution in [2.75, 3.05) is 20.1 Å². The van der Waals surface area contributed by atoms with Crippen molar-refractivity contribution in [3.05, 3.63) is 29.8 Å². The zero-order chi connectivity index (χ0) is 13.2. The van der Waals surface area contributed by atoms with Gasteiger partial charge < -0.3 is 15.4 Å². The lowest BCUT2D eigenvalue weighted by atomic mass is 9.93. The van der Waals surface area contributed by atoms with Crippen LogP contribution in [0, 0.1) is 0 Å². The van der Waals surface area contributed by atoms with Gasteiger partial charge in [-0.15, -0.1) is 0 Å². The fourth-order valence-electron chi connectivity index (χ4n) is 2.34. The second kappa shape index (κ2) is 5.29. The van der Waals surface area contributed by atoms with Gasteiger partial charge in [-0.25, -0.2) is 0 Å². The van der Waals surface area contributed by atoms with Crippen molar-refractivity contribution in [3.63, 3.8) is 0 Å². The van der Waals surface area contributed by atoms with Crippen LogP contribution in [0.2, 0.25) is 0 Å². The Balaban J connectivity index is 2.06. The molecule has 1 atom stereocenters. The summed E-state index contributed by atoms with van der Waals surface area (Å²) in [6, 6.07) is 8.21. The first-order valence-electron chi connectivity index (χ1n) is 6.72. The summed E-state index contributed by atoms with van der Waals surface area (Å²) in [4.78, 5) is 2.35. The van der Waals surface area contributed by atoms with E-state index in [1.807, 2.05) is 19.1 Å². The molecule has 1 aliphatic heterocycles. The Morgan fingerprint density at radius 3 is 2.61 bits per heavy atom. The van der Waals surface area contributed by atoms with E-state index in [1.165, 1.54) is 0 Å². The molecule has 3 heteroatoms. The summed E-state index contributed by atoms with van der Waals surface area (Å²) in [6.45, 7) is 6.40. The highest BCUT2D eigenvalue weighted by molar-refractivity contribution is 5.30. The highest BCUT2D eigenvalue weighted by Gasteiger charge is 2.30. The van der Waals surface area contributed by atoms with Crippen molar-refractivity contribution in [2.24, 2.45) is 5.73 Å². The first-order chi connectivity index (χ1) is 8.48. The van der Waals surface area contributed by atoms with E-state index in [1.54, 1.807) is 0 Å². The number of nitrogens with two attached hydrogens (primary N) is 1. The van der Waals surface area contributed by atoms with Crippen LogP contribution in [0.25, 0.3) is 0 Å². The van der Waals surface area contributed by atoms with E-state index < -0.39 is 0 Å². The first kappa shape index (κ1) is 13.4. The van der Waals surface area contributed by atoms with Gasteiger partial charge in [-0.3, -0.25) is 0 Å². The highest BCUT2D eigenvalue weighted by atomic mass is 16.5. The number of ether oxygens (including phenoxy) is 1. The van der Waals surface area contributed by atoms with Gasteiger partial charge >= 0.3 is 0 Å². The normalized spacial score (nSPS) is 21.6. The monoisotopic (exact) mass is 248 g/mol. The van der Waals surface area contributed by atoms with Crippen LogP contribution in [0.15, 0.2) is 24.3 Å². The minimum Gasteiger partial charge on any atom is -0.487 e. The topological polar surface area (TPSA) is 38.5 Å². The molecule has 0 amide bonds. The maximum atomic E-state index is 6.20. The van der Waals surface area contributed by atoms with Crippen LogP contribution in [0.3, 0.4) is 0 Å². The number of hydrogen-bond acceptors (Lipinski definition) is 3. The predicted octanol–water partition coefficient (Wildman–Crippen LogP) is 2.57. The standard InChI is InChI=1S/C15H24N2O/c1-12(16)13-5-4-6-14(11-13)18-15(2)7-9-17(3)10-8-15/h4-6,11-12H,7-10,16H2,1-3H3. The molecule has 1 unspecified atom stereocenters. The molecule has 1 heterocycles. The molecule has 3 nitrogen and oxygen atoms in total. The Hall–Kier alpha value is -1.06. The minimum absolute atomic E-state index is 0.0387. The number of nitrogens with zero attached hydrogens (tertiary/aromatic N) is 1. The summed E-state index contributed by atoms with van der Waals surface area (Å²) in [5.74, 6) is 0.942. The van der Waals surface area contributed by atoms with Crippen molar-refractivity contribution >= 4 is 0 Å². The van der Waals surface area contributed by atoms with Crippen molar-refractivity contribution < 1.29 is 4.74 Å². The average molecular weight is 248 g/mol. The smallest absolute Gasteiger partial charge is 0.120 e. The Labute approximate surface area is 110 Å². The molecule has 0 bridgehead atoms. The lowest BCUT2D eigenvalue weighted by Gasteiger charge is -2.38. The van der Waals surface area contributed by atoms with E-state index in [0.29, 0.717) is 0 Å². The third kappa shape index (κ3) is 3.24. The Morgan fingerprint density at radius 2 is 2.00 bits per heavy atom. The number of rotatable bonds is 3. The van der Waals surface area contributed by atoms with Gasteiger partial charge in [0.1, 0.15) is 11.4 Å². The summed E-state index contributed by atoms with van der Waals surface area (Å²) in [6.07, 6.45) is 2.15. The minimum atomic E-state index is -0.0387. The van der Waals surface area contributed by atoms with Gasteiger partial charge in [0.15, 0.2) is 0 Å². The van der Waals surface area contributed by atoms with Crippen LogP contribution in [0.5, 0.6) is 5.75 Å². The number of hydrogen-bond donors (Lipinski definition) is 1. The van der Waals surface area contributed by atoms with Gasteiger partial charge in [-0.1, -0.05) is 12.1 Å². The third-order valence-electron chi connectivity index (χ3n) is 3.79. The van der Waals surface area contributed by atoms with Crippen LogP contribution in [0.1, 0.15) is 38.3 Å². The molecule has 2 rings (SSSR count). The Bertz CT molecular complexity index is 395. The second-order valence-electron chi connectivity index (χ2n) is 5.72. The van der Waals surface area contributed by atoms with E-state index in [0.717, 1.165) is 37.2 Å². The summed E-state index contributed by atoms with van der Waals surface area (Å²) >= 11 is 0. The number of piperidine rings is 1. The molecular weight excluding hydrogens is 224 g/mol. The Morgan fingerprint density at radius 1 is 1.33 bits per heavy atom. The predicted molar refractivity (Wildman–Crippen MR) is 74.8 cm³/mol. The molecule has 1 aliphatic rings. The maximum absolute atomic E-state index is 6.20. The third-order valence-corrected chi connectivity index (χ3v) is 3.79. The molecule has 1 aromatic carbocycles. The fraction of sp³-hybridized carbons (Fsp3) is 0.600. The molecule has 1 saturated heterocycles. The molecule has 0 spiro atoms. The van der Waals surface area contributed by atoms with Gasteiger partial charge in [0.2, 0.25) is 0 Å². The molecule has 0 saturated carbocycles. The van der Waals surface area contributed by atoms with Gasteiger partial charge in [0, 0.05) is 19.1 Å². The molecule has 2 N–H and O–H groups in total. The van der Waals surface area contributed by atoms with E-state index >= 15 is 0 Å². The summed E-state index contributed by atoms with van der Waals surface area (Å²) in [5.41, 5.74) is 6.99. The number of likely N-dealkylation sites (tertiary alicyclic amines) is 1. The van der Waals surface area contributed by atoms with Gasteiger partial charge in [-0.05, 0) is 51.4 Å². The molecule has 1 fully saturated rings. The van der Waals surface area contributed by atoms with Crippen molar-refractivity contribution in [1.29, 1.82) is 0 Å². The lowest BCUT2D eigenvalue weighted by molar-refractivity contribution is 0.0240. The van der Waals surface area contributed by atoms with Gasteiger partial charge in [0.25, 0.3) is 0 Å². The maximum Gasteiger partial charge on any atom is 0.120 e. The molecule has 1 aromatic rings. The van der Waals surface area contributed by atoms with Crippen molar-refractivity contribution in [3.8, 4) is 5.75 Å². The van der Waals surface area contributed by atoms with E-state index in [4.69, 9.17) is 10.5 Å². The van der Waals surface area contributed by atoms with Crippen molar-refractivity contribution in [2.45, 2.75) is 38.3 Å². The van der Waals surface area contributed by atoms with Crippen LogP contribution < -0.4 is 10.5 Å². The van der Waals surface area contributed by atoms with Gasteiger partial charge in [-0.2, -0.15) is 0 Å². The number of benzene rings is 1. The quantitative estimate of drug-likeness (QED) is 0.893. The van der Waals surface area contributed by atoms with E-state index in [2.05, 4.69) is 31.0 Å². The van der Waals surface area contributed by atoms with E-state index in [-0.39, 0.29) is 11.6 Å². The van der Waals surface area contributed by atoms with Gasteiger partial charge in [0.05, 0.1) is 0 Å². The zero-order valence-electron chi connectivity index (χ0n) is 11.6. The lowest BCUT2D eigenvalue weighted by Crippen LogP contribution is -2.44. The molecule has 0 radical (unpaired) electrons. The fourth-order valence-corrected chi connectivity index (χ4v) is 2.34. The van der Waals surface area contributed by atoms with Crippen LogP contribution >= 0.6 is 0 Å². The summed E-state index contributed by atoms with van der Waals surface area (Å²) < 4.78 is 6.20. The molecule has 18 heavy (non-hydrogen) atoms. The highest BCUT2D eigenvalue weighted by Crippen LogP contribution is 2.29. The summed E-state index contributed by atoms with van der Waals surface area (Å²) in [5, 5.41) is 0. The average Bonchev–Trinajstić information content (AvgIpc) is 2.33. The van der Waals surface area contributed by atoms with Crippen molar-refractivity contribution in [1.82, 2.24) is 4.90 Å². The molecule has 0 aromatic heterocycles. The molecular formula is C15H24N2O. The SMILES string of the molecule is CC(N)c1cccc(OC2(C)CCN(C)CC2)c1. The second-order valence-corrected chi connectivity index (χ2v) is 5.72. The Kier molecular flexibility index (Phi) is 3.93. The first-order valence-corrected chi connectivity index (χ1v) is 6.72. The molecule has 100 valence electrons. The summed E-state index contributed by atoms with van der Waals surface area (Å²) in [7, 11) is 2.16. The molecule has 0 aliphatic carbocycles. The van der Waals surface area contributed by atoms with Crippen LogP contribution in [-0.2, 0) is 0 Å². The van der Waals surface area contributed by atoms with Crippen LogP contribution in [-0.4, -0.2) is 30.6 Å². The van der Waals surface area contributed by atoms with E-state index in [9.17, 15) is 0 Å².